The van der Waals surface area contributed by atoms with Crippen molar-refractivity contribution in [2.45, 2.75) is 83.4 Å². The molecule has 1 aliphatic heterocycles. The highest BCUT2D eigenvalue weighted by Gasteiger charge is 2.55. The van der Waals surface area contributed by atoms with Gasteiger partial charge in [0.05, 0.1) is 6.61 Å². The summed E-state index contributed by atoms with van der Waals surface area (Å²) in [5.41, 5.74) is 2.36. The van der Waals surface area contributed by atoms with Crippen LogP contribution in [0.15, 0.2) is 60.7 Å². The van der Waals surface area contributed by atoms with Crippen LogP contribution in [0, 0.1) is 35.2 Å². The number of ether oxygens (including phenoxy) is 3. The number of carbonyl (C=O) groups is 1. The van der Waals surface area contributed by atoms with Crippen LogP contribution in [0.1, 0.15) is 69.6 Å². The summed E-state index contributed by atoms with van der Waals surface area (Å²) in [6.45, 7) is 9.98. The van der Waals surface area contributed by atoms with Crippen LogP contribution in [0.3, 0.4) is 0 Å². The molecule has 0 amide bonds. The highest BCUT2D eigenvalue weighted by molar-refractivity contribution is 5.75. The standard InChI is InChI=1S/C40H49F3N2O4/c1-40(2,3)29-10-14-31(15-11-29)49-37(39(46)48-18-16-26-6-4-5-7-26)20-27-8-12-30(13-9-27)47-19-17-44-38-32-24-45(25-33(32)38)23-28-21-35(42)36(43)22-34(28)41/h8-15,21-22,26,32-33,37-38,44H,4-7,16-20,23-25H2,1-3H3/t32-,33+,37-,38?/m0/s1. The number of nitrogens with zero attached hydrogens (tertiary/aromatic N) is 1. The second-order valence-corrected chi connectivity index (χ2v) is 15.0. The van der Waals surface area contributed by atoms with Gasteiger partial charge in [0, 0.05) is 50.3 Å². The molecular formula is C40H49F3N2O4. The molecule has 0 aromatic heterocycles. The lowest BCUT2D eigenvalue weighted by Gasteiger charge is -2.21. The van der Waals surface area contributed by atoms with Crippen LogP contribution >= 0.6 is 0 Å². The fourth-order valence-corrected chi connectivity index (χ4v) is 7.39. The summed E-state index contributed by atoms with van der Waals surface area (Å²) in [5, 5.41) is 3.56. The molecule has 9 heteroatoms. The lowest BCUT2D eigenvalue weighted by Crippen LogP contribution is -2.33. The summed E-state index contributed by atoms with van der Waals surface area (Å²) >= 11 is 0. The number of piperidine rings is 1. The Bertz CT molecular complexity index is 1540. The maximum atomic E-state index is 14.0. The number of halogens is 3. The largest absolute Gasteiger partial charge is 0.492 e. The molecule has 1 unspecified atom stereocenters. The van der Waals surface area contributed by atoms with E-state index in [-0.39, 0.29) is 23.5 Å². The molecule has 4 atom stereocenters. The number of hydrogen-bond acceptors (Lipinski definition) is 6. The van der Waals surface area contributed by atoms with E-state index < -0.39 is 23.6 Å². The number of esters is 1. The number of fused-ring (bicyclic) bond motifs is 1. The van der Waals surface area contributed by atoms with E-state index in [2.05, 4.69) is 31.0 Å². The van der Waals surface area contributed by atoms with E-state index in [4.69, 9.17) is 14.2 Å². The Morgan fingerprint density at radius 2 is 1.53 bits per heavy atom. The summed E-state index contributed by atoms with van der Waals surface area (Å²) in [7, 11) is 0. The predicted octanol–water partition coefficient (Wildman–Crippen LogP) is 7.61. The van der Waals surface area contributed by atoms with Crippen molar-refractivity contribution < 1.29 is 32.2 Å². The van der Waals surface area contributed by atoms with Crippen molar-refractivity contribution in [3.05, 3.63) is 94.8 Å². The van der Waals surface area contributed by atoms with Gasteiger partial charge in [-0.25, -0.2) is 18.0 Å². The zero-order chi connectivity index (χ0) is 34.5. The van der Waals surface area contributed by atoms with Crippen LogP contribution in [-0.2, 0) is 27.9 Å². The number of likely N-dealkylation sites (tertiary alicyclic amines) is 1. The van der Waals surface area contributed by atoms with E-state index in [1.54, 1.807) is 0 Å². The molecule has 6 rings (SSSR count). The second-order valence-electron chi connectivity index (χ2n) is 15.0. The van der Waals surface area contributed by atoms with Crippen LogP contribution in [0.2, 0.25) is 0 Å². The number of hydrogen-bond donors (Lipinski definition) is 1. The van der Waals surface area contributed by atoms with E-state index in [1.165, 1.54) is 31.2 Å². The molecule has 3 aromatic carbocycles. The van der Waals surface area contributed by atoms with Gasteiger partial charge in [0.15, 0.2) is 17.7 Å². The zero-order valence-corrected chi connectivity index (χ0v) is 28.9. The number of rotatable bonds is 15. The minimum Gasteiger partial charge on any atom is -0.492 e. The third-order valence-corrected chi connectivity index (χ3v) is 10.4. The van der Waals surface area contributed by atoms with Gasteiger partial charge in [-0.3, -0.25) is 4.90 Å². The fraction of sp³-hybridized carbons (Fsp3) is 0.525. The van der Waals surface area contributed by atoms with Crippen LogP contribution in [-0.4, -0.2) is 55.9 Å². The zero-order valence-electron chi connectivity index (χ0n) is 28.9. The van der Waals surface area contributed by atoms with E-state index in [0.29, 0.717) is 61.8 Å². The first-order valence-corrected chi connectivity index (χ1v) is 17.8. The molecule has 2 aliphatic carbocycles. The SMILES string of the molecule is CC(C)(C)c1ccc(O[C@@H](Cc2ccc(OCCNC3[C@H]4CN(Cc5cc(F)c(F)cc5F)C[C@@H]34)cc2)C(=O)OCCC2CCCC2)cc1. The average Bonchev–Trinajstić information content (AvgIpc) is 3.40. The quantitative estimate of drug-likeness (QED) is 0.102. The molecule has 49 heavy (non-hydrogen) atoms. The van der Waals surface area contributed by atoms with Gasteiger partial charge in [0.25, 0.3) is 0 Å². The molecule has 0 radical (unpaired) electrons. The smallest absolute Gasteiger partial charge is 0.347 e. The van der Waals surface area contributed by atoms with Crippen molar-refractivity contribution in [2.75, 3.05) is 32.8 Å². The molecule has 3 aromatic rings. The van der Waals surface area contributed by atoms with Crippen molar-refractivity contribution in [3.8, 4) is 11.5 Å². The summed E-state index contributed by atoms with van der Waals surface area (Å²) in [5.74, 6) is -0.258. The Labute approximate surface area is 288 Å². The maximum Gasteiger partial charge on any atom is 0.347 e. The third kappa shape index (κ3) is 9.37. The van der Waals surface area contributed by atoms with Gasteiger partial charge in [0.1, 0.15) is 23.9 Å². The Morgan fingerprint density at radius 1 is 0.878 bits per heavy atom. The van der Waals surface area contributed by atoms with Gasteiger partial charge in [-0.1, -0.05) is 70.7 Å². The predicted molar refractivity (Wildman–Crippen MR) is 183 cm³/mol. The normalized spacial score (nSPS) is 21.4. The number of carbonyl (C=O) groups excluding carboxylic acids is 1. The van der Waals surface area contributed by atoms with Crippen LogP contribution in [0.25, 0.3) is 0 Å². The molecule has 6 nitrogen and oxygen atoms in total. The minimum absolute atomic E-state index is 0.0233. The molecule has 3 aliphatic rings. The average molecular weight is 679 g/mol. The Balaban J connectivity index is 0.945. The highest BCUT2D eigenvalue weighted by Crippen LogP contribution is 2.46. The van der Waals surface area contributed by atoms with E-state index in [1.807, 2.05) is 48.5 Å². The maximum absolute atomic E-state index is 14.0. The van der Waals surface area contributed by atoms with Gasteiger partial charge < -0.3 is 19.5 Å². The molecule has 1 saturated heterocycles. The highest BCUT2D eigenvalue weighted by atomic mass is 19.2. The first kappa shape index (κ1) is 35.3. The van der Waals surface area contributed by atoms with Crippen molar-refractivity contribution >= 4 is 5.97 Å². The molecule has 1 heterocycles. The van der Waals surface area contributed by atoms with Gasteiger partial charge in [-0.2, -0.15) is 0 Å². The molecular weight excluding hydrogens is 629 g/mol. The number of benzene rings is 3. The molecule has 0 spiro atoms. The van der Waals surface area contributed by atoms with E-state index in [0.717, 1.165) is 36.9 Å². The van der Waals surface area contributed by atoms with Gasteiger partial charge in [-0.15, -0.1) is 0 Å². The molecule has 1 N–H and O–H groups in total. The van der Waals surface area contributed by atoms with Gasteiger partial charge >= 0.3 is 5.97 Å². The fourth-order valence-electron chi connectivity index (χ4n) is 7.39. The van der Waals surface area contributed by atoms with Crippen LogP contribution in [0.4, 0.5) is 13.2 Å². The summed E-state index contributed by atoms with van der Waals surface area (Å²) in [4.78, 5) is 15.3. The van der Waals surface area contributed by atoms with Crippen molar-refractivity contribution in [1.82, 2.24) is 10.2 Å². The van der Waals surface area contributed by atoms with Crippen molar-refractivity contribution in [1.29, 1.82) is 0 Å². The Hall–Kier alpha value is -3.56. The minimum atomic E-state index is -1.16. The summed E-state index contributed by atoms with van der Waals surface area (Å²) < 4.78 is 58.8. The van der Waals surface area contributed by atoms with Crippen molar-refractivity contribution in [3.63, 3.8) is 0 Å². The van der Waals surface area contributed by atoms with Crippen LogP contribution in [0.5, 0.6) is 11.5 Å². The van der Waals surface area contributed by atoms with E-state index >= 15 is 0 Å². The Kier molecular flexibility index (Phi) is 11.2. The first-order valence-electron chi connectivity index (χ1n) is 17.8. The first-order chi connectivity index (χ1) is 23.5. The molecule has 0 bridgehead atoms. The second kappa shape index (κ2) is 15.5. The van der Waals surface area contributed by atoms with Crippen LogP contribution < -0.4 is 14.8 Å². The monoisotopic (exact) mass is 678 g/mol. The molecule has 2 saturated carbocycles. The molecule has 264 valence electrons. The summed E-state index contributed by atoms with van der Waals surface area (Å²) in [6, 6.07) is 17.7. The molecule has 3 fully saturated rings. The van der Waals surface area contributed by atoms with Gasteiger partial charge in [-0.05, 0) is 71.0 Å². The van der Waals surface area contributed by atoms with E-state index in [9.17, 15) is 18.0 Å². The Morgan fingerprint density at radius 3 is 2.20 bits per heavy atom. The summed E-state index contributed by atoms with van der Waals surface area (Å²) in [6.07, 6.45) is 5.50. The van der Waals surface area contributed by atoms with Gasteiger partial charge in [0.2, 0.25) is 0 Å². The number of nitrogens with one attached hydrogen (secondary N) is 1. The lowest BCUT2D eigenvalue weighted by atomic mass is 9.87. The lowest BCUT2D eigenvalue weighted by molar-refractivity contribution is -0.152. The van der Waals surface area contributed by atoms with Crippen molar-refractivity contribution in [2.24, 2.45) is 17.8 Å². The topological polar surface area (TPSA) is 60.0 Å². The third-order valence-electron chi connectivity index (χ3n) is 10.4.